The van der Waals surface area contributed by atoms with E-state index in [1.54, 1.807) is 12.1 Å². The van der Waals surface area contributed by atoms with E-state index in [4.69, 9.17) is 0 Å². The van der Waals surface area contributed by atoms with E-state index < -0.39 is 18.2 Å². The number of aryl methyl sites for hydroxylation is 1. The molecule has 0 radical (unpaired) electrons. The molecule has 2 rings (SSSR count). The predicted molar refractivity (Wildman–Crippen MR) is 76.6 cm³/mol. The molecule has 0 aliphatic carbocycles. The van der Waals surface area contributed by atoms with Crippen molar-refractivity contribution in [3.05, 3.63) is 29.8 Å². The number of carbonyl (C=O) groups excluding carboxylic acids is 1. The predicted octanol–water partition coefficient (Wildman–Crippen LogP) is 3.16. The summed E-state index contributed by atoms with van der Waals surface area (Å²) in [6.07, 6.45) is -6.63. The number of hydrogen-bond acceptors (Lipinski definition) is 2. The second-order valence-electron chi connectivity index (χ2n) is 5.56. The molecule has 1 fully saturated rings. The van der Waals surface area contributed by atoms with Gasteiger partial charge in [0.1, 0.15) is 0 Å². The molecule has 22 heavy (non-hydrogen) atoms. The molecular formula is C15H19F3N2O2. The first-order chi connectivity index (χ1) is 10.3. The SMILES string of the molecule is Cc1ccccc1NC(=O)N1CCC(C(O)C(F)(F)F)CC1. The summed E-state index contributed by atoms with van der Waals surface area (Å²) < 4.78 is 37.4. The summed E-state index contributed by atoms with van der Waals surface area (Å²) in [7, 11) is 0. The number of alkyl halides is 3. The third-order valence-electron chi connectivity index (χ3n) is 4.00. The Labute approximate surface area is 126 Å². The van der Waals surface area contributed by atoms with Gasteiger partial charge in [-0.1, -0.05) is 18.2 Å². The topological polar surface area (TPSA) is 52.6 Å². The van der Waals surface area contributed by atoms with Crippen molar-refractivity contribution in [3.8, 4) is 0 Å². The number of piperidine rings is 1. The van der Waals surface area contributed by atoms with E-state index in [0.717, 1.165) is 5.56 Å². The number of carbonyl (C=O) groups is 1. The van der Waals surface area contributed by atoms with Crippen LogP contribution in [0.1, 0.15) is 18.4 Å². The summed E-state index contributed by atoms with van der Waals surface area (Å²) in [5.41, 5.74) is 1.60. The highest BCUT2D eigenvalue weighted by Crippen LogP contribution is 2.31. The molecule has 0 aromatic heterocycles. The van der Waals surface area contributed by atoms with Crippen molar-refractivity contribution < 1.29 is 23.1 Å². The lowest BCUT2D eigenvalue weighted by Gasteiger charge is -2.34. The van der Waals surface area contributed by atoms with Crippen molar-refractivity contribution >= 4 is 11.7 Å². The van der Waals surface area contributed by atoms with Crippen molar-refractivity contribution in [1.29, 1.82) is 0 Å². The Bertz CT molecular complexity index is 526. The van der Waals surface area contributed by atoms with Gasteiger partial charge in [0.2, 0.25) is 0 Å². The number of anilines is 1. The van der Waals surface area contributed by atoms with E-state index in [9.17, 15) is 23.1 Å². The van der Waals surface area contributed by atoms with E-state index in [1.165, 1.54) is 4.90 Å². The molecule has 1 heterocycles. The maximum Gasteiger partial charge on any atom is 0.414 e. The highest BCUT2D eigenvalue weighted by molar-refractivity contribution is 5.90. The molecule has 1 aliphatic rings. The lowest BCUT2D eigenvalue weighted by molar-refractivity contribution is -0.222. The molecule has 1 aromatic carbocycles. The Kier molecular flexibility index (Phi) is 4.95. The first-order valence-corrected chi connectivity index (χ1v) is 7.15. The smallest absolute Gasteiger partial charge is 0.383 e. The van der Waals surface area contributed by atoms with Crippen LogP contribution in [0.4, 0.5) is 23.7 Å². The number of amides is 2. The largest absolute Gasteiger partial charge is 0.414 e. The molecule has 4 nitrogen and oxygen atoms in total. The van der Waals surface area contributed by atoms with Gasteiger partial charge in [-0.15, -0.1) is 0 Å². The molecule has 2 N–H and O–H groups in total. The molecule has 1 aliphatic heterocycles. The maximum atomic E-state index is 12.5. The number of aliphatic hydroxyl groups is 1. The summed E-state index contributed by atoms with van der Waals surface area (Å²) >= 11 is 0. The maximum absolute atomic E-state index is 12.5. The van der Waals surface area contributed by atoms with E-state index >= 15 is 0 Å². The van der Waals surface area contributed by atoms with Crippen molar-refractivity contribution in [1.82, 2.24) is 4.90 Å². The van der Waals surface area contributed by atoms with Gasteiger partial charge in [-0.25, -0.2) is 4.79 Å². The van der Waals surface area contributed by atoms with Crippen molar-refractivity contribution in [3.63, 3.8) is 0 Å². The van der Waals surface area contributed by atoms with Crippen molar-refractivity contribution in [2.24, 2.45) is 5.92 Å². The summed E-state index contributed by atoms with van der Waals surface area (Å²) in [5.74, 6) is -0.845. The Balaban J connectivity index is 1.89. The van der Waals surface area contributed by atoms with Crippen LogP contribution in [0.15, 0.2) is 24.3 Å². The van der Waals surface area contributed by atoms with Crippen molar-refractivity contribution in [2.45, 2.75) is 32.0 Å². The highest BCUT2D eigenvalue weighted by Gasteiger charge is 2.44. The van der Waals surface area contributed by atoms with E-state index in [1.807, 2.05) is 19.1 Å². The number of aliphatic hydroxyl groups excluding tert-OH is 1. The zero-order valence-electron chi connectivity index (χ0n) is 12.2. The molecule has 7 heteroatoms. The average molecular weight is 316 g/mol. The fourth-order valence-corrected chi connectivity index (χ4v) is 2.59. The number of urea groups is 1. The van der Waals surface area contributed by atoms with Crippen LogP contribution >= 0.6 is 0 Å². The number of nitrogens with zero attached hydrogens (tertiary/aromatic N) is 1. The molecule has 1 aromatic rings. The summed E-state index contributed by atoms with van der Waals surface area (Å²) in [6, 6.07) is 6.97. The molecule has 0 saturated carbocycles. The minimum atomic E-state index is -4.60. The van der Waals surface area contributed by atoms with Gasteiger partial charge in [0.05, 0.1) is 0 Å². The number of benzene rings is 1. The van der Waals surface area contributed by atoms with Gasteiger partial charge in [0, 0.05) is 18.8 Å². The van der Waals surface area contributed by atoms with E-state index in [-0.39, 0.29) is 32.0 Å². The lowest BCUT2D eigenvalue weighted by atomic mass is 9.91. The molecule has 122 valence electrons. The van der Waals surface area contributed by atoms with E-state index in [2.05, 4.69) is 5.32 Å². The van der Waals surface area contributed by atoms with Crippen molar-refractivity contribution in [2.75, 3.05) is 18.4 Å². The number of rotatable bonds is 2. The number of nitrogens with one attached hydrogen (secondary N) is 1. The van der Waals surface area contributed by atoms with Gasteiger partial charge >= 0.3 is 12.2 Å². The van der Waals surface area contributed by atoms with Gasteiger partial charge in [-0.2, -0.15) is 13.2 Å². The molecular weight excluding hydrogens is 297 g/mol. The zero-order chi connectivity index (χ0) is 16.3. The second kappa shape index (κ2) is 6.56. The Hall–Kier alpha value is -1.76. The Morgan fingerprint density at radius 3 is 2.45 bits per heavy atom. The monoisotopic (exact) mass is 316 g/mol. The van der Waals surface area contributed by atoms with Gasteiger partial charge < -0.3 is 15.3 Å². The number of halogens is 3. The van der Waals surface area contributed by atoms with Gasteiger partial charge in [0.15, 0.2) is 6.10 Å². The Morgan fingerprint density at radius 1 is 1.32 bits per heavy atom. The molecule has 0 bridgehead atoms. The molecule has 0 spiro atoms. The van der Waals surface area contributed by atoms with Gasteiger partial charge in [-0.05, 0) is 37.3 Å². The van der Waals surface area contributed by atoms with Gasteiger partial charge in [-0.3, -0.25) is 0 Å². The Morgan fingerprint density at radius 2 is 1.91 bits per heavy atom. The number of likely N-dealkylation sites (tertiary alicyclic amines) is 1. The molecule has 1 unspecified atom stereocenters. The van der Waals surface area contributed by atoms with Crippen LogP contribution in [0.25, 0.3) is 0 Å². The van der Waals surface area contributed by atoms with Gasteiger partial charge in [0.25, 0.3) is 0 Å². The third kappa shape index (κ3) is 3.91. The third-order valence-corrected chi connectivity index (χ3v) is 4.00. The lowest BCUT2D eigenvalue weighted by Crippen LogP contribution is -2.46. The standard InChI is InChI=1S/C15H19F3N2O2/c1-10-4-2-3-5-12(10)19-14(22)20-8-6-11(7-9-20)13(21)15(16,17)18/h2-5,11,13,21H,6-9H2,1H3,(H,19,22). The fraction of sp³-hybridized carbons (Fsp3) is 0.533. The van der Waals surface area contributed by atoms with Crippen LogP contribution in [0, 0.1) is 12.8 Å². The van der Waals surface area contributed by atoms with Crippen LogP contribution < -0.4 is 5.32 Å². The number of hydrogen-bond donors (Lipinski definition) is 2. The highest BCUT2D eigenvalue weighted by atomic mass is 19.4. The first-order valence-electron chi connectivity index (χ1n) is 7.15. The quantitative estimate of drug-likeness (QED) is 0.880. The molecule has 1 saturated heterocycles. The zero-order valence-corrected chi connectivity index (χ0v) is 12.2. The van der Waals surface area contributed by atoms with Crippen LogP contribution in [0.5, 0.6) is 0 Å². The average Bonchev–Trinajstić information content (AvgIpc) is 2.48. The van der Waals surface area contributed by atoms with Crippen LogP contribution in [0.2, 0.25) is 0 Å². The molecule has 2 amide bonds. The van der Waals surface area contributed by atoms with Crippen LogP contribution in [-0.4, -0.2) is 41.4 Å². The first kappa shape index (κ1) is 16.6. The normalized spacial score (nSPS) is 18.1. The number of para-hydroxylation sites is 1. The fourth-order valence-electron chi connectivity index (χ4n) is 2.59. The second-order valence-corrected chi connectivity index (χ2v) is 5.56. The molecule has 1 atom stereocenters. The minimum absolute atomic E-state index is 0.141. The summed E-state index contributed by atoms with van der Waals surface area (Å²) in [4.78, 5) is 13.6. The van der Waals surface area contributed by atoms with Crippen LogP contribution in [0.3, 0.4) is 0 Å². The van der Waals surface area contributed by atoms with Crippen LogP contribution in [-0.2, 0) is 0 Å². The minimum Gasteiger partial charge on any atom is -0.383 e. The summed E-state index contributed by atoms with van der Waals surface area (Å²) in [5, 5.41) is 12.0. The summed E-state index contributed by atoms with van der Waals surface area (Å²) in [6.45, 7) is 2.27. The van der Waals surface area contributed by atoms with E-state index in [0.29, 0.717) is 5.69 Å².